The molecule has 0 N–H and O–H groups in total. The highest BCUT2D eigenvalue weighted by molar-refractivity contribution is 7.86. The minimum absolute atomic E-state index is 0.160. The second kappa shape index (κ2) is 6.18. The van der Waals surface area contributed by atoms with E-state index >= 15 is 0 Å². The van der Waals surface area contributed by atoms with Crippen molar-refractivity contribution in [2.24, 2.45) is 0 Å². The molecular formula is C12H13F3O3S. The Morgan fingerprint density at radius 2 is 1.84 bits per heavy atom. The molecular weight excluding hydrogens is 281 g/mol. The van der Waals surface area contributed by atoms with Gasteiger partial charge in [0.15, 0.2) is 0 Å². The normalized spacial score (nSPS) is 14.8. The summed E-state index contributed by atoms with van der Waals surface area (Å²) in [5.74, 6) is -0.638. The maximum Gasteiger partial charge on any atom is 0.416 e. The zero-order valence-corrected chi connectivity index (χ0v) is 11.2. The highest BCUT2D eigenvalue weighted by Crippen LogP contribution is 2.29. The maximum absolute atomic E-state index is 12.4. The third kappa shape index (κ3) is 4.05. The molecule has 1 aromatic rings. The van der Waals surface area contributed by atoms with E-state index in [1.165, 1.54) is 6.92 Å². The van der Waals surface area contributed by atoms with Crippen molar-refractivity contribution >= 4 is 16.8 Å². The zero-order chi connectivity index (χ0) is 14.6. The van der Waals surface area contributed by atoms with E-state index in [1.807, 2.05) is 0 Å². The van der Waals surface area contributed by atoms with Crippen molar-refractivity contribution in [2.75, 3.05) is 6.61 Å². The summed E-state index contributed by atoms with van der Waals surface area (Å²) in [7, 11) is -1.74. The number of halogens is 3. The van der Waals surface area contributed by atoms with Crippen molar-refractivity contribution in [3.8, 4) is 0 Å². The standard InChI is InChI=1S/C12H13F3O3S/c1-3-18-11(16)8(2)19(17)10-6-4-9(5-7-10)12(13,14)15/h4-8H,3H2,1-2H3. The summed E-state index contributed by atoms with van der Waals surface area (Å²) in [6.07, 6.45) is -4.44. The van der Waals surface area contributed by atoms with E-state index in [1.54, 1.807) is 6.92 Å². The first-order valence-electron chi connectivity index (χ1n) is 5.51. The summed E-state index contributed by atoms with van der Waals surface area (Å²) in [6.45, 7) is 3.19. The van der Waals surface area contributed by atoms with Crippen LogP contribution in [0.1, 0.15) is 19.4 Å². The lowest BCUT2D eigenvalue weighted by Gasteiger charge is -2.11. The van der Waals surface area contributed by atoms with E-state index in [0.29, 0.717) is 0 Å². The van der Waals surface area contributed by atoms with Crippen LogP contribution in [0.2, 0.25) is 0 Å². The molecule has 0 amide bonds. The molecule has 7 heteroatoms. The van der Waals surface area contributed by atoms with E-state index in [4.69, 9.17) is 4.74 Å². The summed E-state index contributed by atoms with van der Waals surface area (Å²) in [6, 6.07) is 3.89. The van der Waals surface area contributed by atoms with Crippen molar-refractivity contribution in [2.45, 2.75) is 30.2 Å². The Labute approximate surface area is 111 Å². The summed E-state index contributed by atoms with van der Waals surface area (Å²) >= 11 is 0. The molecule has 2 atom stereocenters. The number of hydrogen-bond donors (Lipinski definition) is 0. The molecule has 0 heterocycles. The highest BCUT2D eigenvalue weighted by Gasteiger charge is 2.30. The third-order valence-electron chi connectivity index (χ3n) is 2.35. The van der Waals surface area contributed by atoms with Crippen LogP contribution in [0.4, 0.5) is 13.2 Å². The van der Waals surface area contributed by atoms with E-state index in [-0.39, 0.29) is 11.5 Å². The van der Waals surface area contributed by atoms with Crippen molar-refractivity contribution in [1.29, 1.82) is 0 Å². The predicted octanol–water partition coefficient (Wildman–Crippen LogP) is 2.76. The third-order valence-corrected chi connectivity index (χ3v) is 3.93. The molecule has 3 nitrogen and oxygen atoms in total. The van der Waals surface area contributed by atoms with E-state index in [0.717, 1.165) is 24.3 Å². The fourth-order valence-corrected chi connectivity index (χ4v) is 2.38. The van der Waals surface area contributed by atoms with Gasteiger partial charge in [0.1, 0.15) is 5.25 Å². The Balaban J connectivity index is 2.87. The second-order valence-corrected chi connectivity index (χ2v) is 5.49. The smallest absolute Gasteiger partial charge is 0.416 e. The summed E-state index contributed by atoms with van der Waals surface area (Å²) in [5.41, 5.74) is -0.822. The lowest BCUT2D eigenvalue weighted by Crippen LogP contribution is -2.25. The molecule has 0 spiro atoms. The van der Waals surface area contributed by atoms with Crippen molar-refractivity contribution < 1.29 is 26.9 Å². The summed E-state index contributed by atoms with van der Waals surface area (Å²) < 4.78 is 53.7. The van der Waals surface area contributed by atoms with Crippen LogP contribution in [0.25, 0.3) is 0 Å². The highest BCUT2D eigenvalue weighted by atomic mass is 32.2. The first kappa shape index (κ1) is 15.7. The Morgan fingerprint density at radius 3 is 2.26 bits per heavy atom. The van der Waals surface area contributed by atoms with Crippen LogP contribution in [0, 0.1) is 0 Å². The summed E-state index contributed by atoms with van der Waals surface area (Å²) in [4.78, 5) is 11.5. The molecule has 1 rings (SSSR count). The van der Waals surface area contributed by atoms with Gasteiger partial charge in [-0.3, -0.25) is 9.00 Å². The van der Waals surface area contributed by atoms with E-state index in [2.05, 4.69) is 0 Å². The van der Waals surface area contributed by atoms with Gasteiger partial charge in [0.25, 0.3) is 0 Å². The minimum atomic E-state index is -4.44. The van der Waals surface area contributed by atoms with Crippen LogP contribution in [0.5, 0.6) is 0 Å². The van der Waals surface area contributed by atoms with Crippen molar-refractivity contribution in [1.82, 2.24) is 0 Å². The van der Waals surface area contributed by atoms with Gasteiger partial charge in [-0.05, 0) is 38.1 Å². The van der Waals surface area contributed by atoms with Gasteiger partial charge < -0.3 is 4.74 Å². The minimum Gasteiger partial charge on any atom is -0.465 e. The molecule has 1 aromatic carbocycles. The fourth-order valence-electron chi connectivity index (χ4n) is 1.33. The topological polar surface area (TPSA) is 43.4 Å². The van der Waals surface area contributed by atoms with Gasteiger partial charge in [-0.25, -0.2) is 0 Å². The number of ether oxygens (including phenoxy) is 1. The van der Waals surface area contributed by atoms with Gasteiger partial charge in [0, 0.05) is 4.90 Å². The average Bonchev–Trinajstić information content (AvgIpc) is 2.36. The summed E-state index contributed by atoms with van der Waals surface area (Å²) in [5, 5.41) is -0.920. The Morgan fingerprint density at radius 1 is 1.32 bits per heavy atom. The van der Waals surface area contributed by atoms with Crippen LogP contribution in [0.15, 0.2) is 29.2 Å². The molecule has 0 aromatic heterocycles. The average molecular weight is 294 g/mol. The fraction of sp³-hybridized carbons (Fsp3) is 0.417. The van der Waals surface area contributed by atoms with Crippen LogP contribution in [-0.4, -0.2) is 22.0 Å². The molecule has 0 saturated heterocycles. The molecule has 19 heavy (non-hydrogen) atoms. The van der Waals surface area contributed by atoms with Gasteiger partial charge in [-0.15, -0.1) is 0 Å². The van der Waals surface area contributed by atoms with Crippen LogP contribution < -0.4 is 0 Å². The van der Waals surface area contributed by atoms with Crippen molar-refractivity contribution in [3.05, 3.63) is 29.8 Å². The van der Waals surface area contributed by atoms with Crippen LogP contribution in [0.3, 0.4) is 0 Å². The number of rotatable bonds is 4. The first-order valence-corrected chi connectivity index (χ1v) is 6.73. The monoisotopic (exact) mass is 294 g/mol. The first-order chi connectivity index (χ1) is 8.77. The van der Waals surface area contributed by atoms with E-state index < -0.39 is 33.8 Å². The Bertz CT molecular complexity index is 468. The molecule has 106 valence electrons. The quantitative estimate of drug-likeness (QED) is 0.802. The van der Waals surface area contributed by atoms with Gasteiger partial charge >= 0.3 is 12.1 Å². The van der Waals surface area contributed by atoms with E-state index in [9.17, 15) is 22.2 Å². The second-order valence-electron chi connectivity index (χ2n) is 3.71. The molecule has 0 bridgehead atoms. The van der Waals surface area contributed by atoms with Crippen molar-refractivity contribution in [3.63, 3.8) is 0 Å². The lowest BCUT2D eigenvalue weighted by molar-refractivity contribution is -0.142. The van der Waals surface area contributed by atoms with Crippen LogP contribution >= 0.6 is 0 Å². The molecule has 0 saturated carbocycles. The largest absolute Gasteiger partial charge is 0.465 e. The SMILES string of the molecule is CCOC(=O)C(C)S(=O)c1ccc(C(F)(F)F)cc1. The molecule has 0 fully saturated rings. The van der Waals surface area contributed by atoms with Gasteiger partial charge in [0.05, 0.1) is 23.0 Å². The van der Waals surface area contributed by atoms with Crippen LogP contribution in [-0.2, 0) is 26.5 Å². The number of carbonyl (C=O) groups is 1. The number of hydrogen-bond acceptors (Lipinski definition) is 3. The Kier molecular flexibility index (Phi) is 5.11. The molecule has 2 unspecified atom stereocenters. The number of alkyl halides is 3. The maximum atomic E-state index is 12.4. The van der Waals surface area contributed by atoms with Gasteiger partial charge in [0.2, 0.25) is 0 Å². The lowest BCUT2D eigenvalue weighted by atomic mass is 10.2. The molecule has 0 aliphatic rings. The number of carbonyl (C=O) groups excluding carboxylic acids is 1. The van der Waals surface area contributed by atoms with Gasteiger partial charge in [-0.1, -0.05) is 0 Å². The zero-order valence-electron chi connectivity index (χ0n) is 10.4. The van der Waals surface area contributed by atoms with Gasteiger partial charge in [-0.2, -0.15) is 13.2 Å². The molecule has 0 radical (unpaired) electrons. The Hall–Kier alpha value is -1.37. The molecule has 0 aliphatic carbocycles. The number of esters is 1. The number of benzene rings is 1. The predicted molar refractivity (Wildman–Crippen MR) is 63.9 cm³/mol. The molecule has 0 aliphatic heterocycles.